The Hall–Kier alpha value is -3.44. The average molecular weight is 413 g/mol. The second kappa shape index (κ2) is 6.04. The molecule has 5 heterocycles. The summed E-state index contributed by atoms with van der Waals surface area (Å²) in [5, 5.41) is 0. The Labute approximate surface area is 161 Å². The molecule has 3 aromatic rings. The van der Waals surface area contributed by atoms with E-state index in [0.717, 1.165) is 0 Å². The highest BCUT2D eigenvalue weighted by molar-refractivity contribution is 8.13. The van der Waals surface area contributed by atoms with Crippen molar-refractivity contribution in [3.05, 3.63) is 41.5 Å². The summed E-state index contributed by atoms with van der Waals surface area (Å²) in [5.74, 6) is 1.46. The first-order chi connectivity index (χ1) is 13.4. The van der Waals surface area contributed by atoms with Gasteiger partial charge in [-0.1, -0.05) is 0 Å². The third-order valence-corrected chi connectivity index (χ3v) is 5.15. The molecule has 10 nitrogen and oxygen atoms in total. The minimum Gasteiger partial charge on any atom is -0.325 e. The average Bonchev–Trinajstić information content (AvgIpc) is 3.38. The number of halogens is 1. The van der Waals surface area contributed by atoms with Gasteiger partial charge in [0.1, 0.15) is 21.8 Å². The molecule has 2 aliphatic rings. The summed E-state index contributed by atoms with van der Waals surface area (Å²) in [6, 6.07) is 4.81. The van der Waals surface area contributed by atoms with Crippen LogP contribution in [0.2, 0.25) is 0 Å². The van der Waals surface area contributed by atoms with Crippen molar-refractivity contribution in [1.29, 1.82) is 0 Å². The Bertz CT molecular complexity index is 1450. The number of nitrogens with zero attached hydrogens (tertiary/aromatic N) is 6. The van der Waals surface area contributed by atoms with E-state index >= 15 is 0 Å². The lowest BCUT2D eigenvalue weighted by Crippen LogP contribution is -1.91. The molecule has 2 N–H and O–H groups in total. The van der Waals surface area contributed by atoms with E-state index in [9.17, 15) is 8.42 Å². The first-order valence-electron chi connectivity index (χ1n) is 7.93. The van der Waals surface area contributed by atoms with Gasteiger partial charge >= 0.3 is 0 Å². The Morgan fingerprint density at radius 2 is 1.18 bits per heavy atom. The first-order valence-corrected chi connectivity index (χ1v) is 10.2. The molecule has 0 aromatic carbocycles. The second-order valence-electron chi connectivity index (χ2n) is 5.80. The number of aromatic nitrogens is 8. The van der Waals surface area contributed by atoms with Gasteiger partial charge in [-0.25, -0.2) is 38.3 Å². The molecule has 0 atom stereocenters. The third-order valence-electron chi connectivity index (χ3n) is 3.82. The van der Waals surface area contributed by atoms with Crippen LogP contribution in [0, 0.1) is 0 Å². The van der Waals surface area contributed by atoms with Crippen LogP contribution in [0.4, 0.5) is 0 Å². The lowest BCUT2D eigenvalue weighted by Gasteiger charge is -1.89. The van der Waals surface area contributed by atoms with Gasteiger partial charge in [-0.05, 0) is 36.4 Å². The smallest absolute Gasteiger partial charge is 0.265 e. The van der Waals surface area contributed by atoms with Crippen molar-refractivity contribution in [1.82, 2.24) is 39.9 Å². The van der Waals surface area contributed by atoms with Crippen molar-refractivity contribution in [2.45, 2.75) is 4.90 Å². The molecule has 0 amide bonds. The van der Waals surface area contributed by atoms with Crippen LogP contribution in [-0.4, -0.2) is 48.3 Å². The van der Waals surface area contributed by atoms with Gasteiger partial charge in [0, 0.05) is 16.7 Å². The molecule has 8 bridgehead atoms. The molecule has 3 aromatic heterocycles. The second-order valence-corrected chi connectivity index (χ2v) is 8.34. The van der Waals surface area contributed by atoms with E-state index < -0.39 is 9.05 Å². The van der Waals surface area contributed by atoms with Gasteiger partial charge in [0.05, 0.1) is 0 Å². The summed E-state index contributed by atoms with van der Waals surface area (Å²) in [7, 11) is 1.48. The van der Waals surface area contributed by atoms with Crippen LogP contribution in [0.25, 0.3) is 46.9 Å². The van der Waals surface area contributed by atoms with E-state index in [4.69, 9.17) is 10.7 Å². The summed E-state index contributed by atoms with van der Waals surface area (Å²) in [6.45, 7) is 0. The van der Waals surface area contributed by atoms with Crippen LogP contribution in [0.3, 0.4) is 0 Å². The number of hydrogen-bond acceptors (Lipinski definition) is 8. The minimum atomic E-state index is -4.05. The topological polar surface area (TPSA) is 143 Å². The molecule has 2 aliphatic heterocycles. The van der Waals surface area contributed by atoms with E-state index in [1.54, 1.807) is 36.4 Å². The monoisotopic (exact) mass is 412 g/mol. The van der Waals surface area contributed by atoms with Crippen LogP contribution in [-0.2, 0) is 9.05 Å². The number of H-pyrrole nitrogens is 2. The van der Waals surface area contributed by atoms with E-state index in [-0.39, 0.29) is 22.0 Å². The number of fused-ring (bicyclic) bond motifs is 8. The molecule has 0 radical (unpaired) electrons. The highest BCUT2D eigenvalue weighted by atomic mass is 35.7. The zero-order chi connectivity index (χ0) is 19.3. The highest BCUT2D eigenvalue weighted by Gasteiger charge is 2.17. The van der Waals surface area contributed by atoms with Gasteiger partial charge in [-0.2, -0.15) is 0 Å². The molecule has 138 valence electrons. The summed E-state index contributed by atoms with van der Waals surface area (Å²) < 4.78 is 23.8. The van der Waals surface area contributed by atoms with Gasteiger partial charge in [0.15, 0.2) is 28.9 Å². The maximum Gasteiger partial charge on any atom is 0.265 e. The lowest BCUT2D eigenvalue weighted by atomic mass is 10.5. The highest BCUT2D eigenvalue weighted by Crippen LogP contribution is 2.21. The summed E-state index contributed by atoms with van der Waals surface area (Å²) in [5.41, 5.74) is 1.38. The number of aromatic amines is 2. The van der Waals surface area contributed by atoms with Crippen LogP contribution in [0.15, 0.2) is 23.1 Å². The third kappa shape index (κ3) is 3.17. The number of rotatable bonds is 1. The molecule has 0 unspecified atom stereocenters. The van der Waals surface area contributed by atoms with Gasteiger partial charge in [-0.15, -0.1) is 0 Å². The molecule has 0 saturated carbocycles. The molecule has 28 heavy (non-hydrogen) atoms. The molecule has 0 fully saturated rings. The van der Waals surface area contributed by atoms with Crippen LogP contribution >= 0.6 is 10.7 Å². The van der Waals surface area contributed by atoms with Crippen LogP contribution < -0.4 is 0 Å². The quantitative estimate of drug-likeness (QED) is 0.398. The number of nitrogens with one attached hydrogen (secondary N) is 2. The molecular formula is C16H9ClN8O2S. The standard InChI is InChI=1S/C16H9ClN8O2S/c17-28(26,27)8-7-15-23-13-4-3-11(21-13)19-9-1-2-10(18-9)20-12-5-6-14(22-12)24-16(8)25-15/h1-7H,(H2,18,19,20,21,22,23,24,25). The Morgan fingerprint density at radius 3 is 1.71 bits per heavy atom. The Morgan fingerprint density at radius 1 is 0.679 bits per heavy atom. The summed E-state index contributed by atoms with van der Waals surface area (Å²) in [6.07, 6.45) is 6.61. The van der Waals surface area contributed by atoms with Gasteiger partial charge in [-0.3, -0.25) is 0 Å². The molecule has 12 heteroatoms. The largest absolute Gasteiger partial charge is 0.325 e. The van der Waals surface area contributed by atoms with Crippen molar-refractivity contribution in [3.63, 3.8) is 0 Å². The predicted molar refractivity (Wildman–Crippen MR) is 103 cm³/mol. The van der Waals surface area contributed by atoms with Gasteiger partial charge in [0.25, 0.3) is 9.05 Å². The van der Waals surface area contributed by atoms with Crippen molar-refractivity contribution in [2.24, 2.45) is 0 Å². The lowest BCUT2D eigenvalue weighted by molar-refractivity contribution is 0.610. The van der Waals surface area contributed by atoms with E-state index in [1.807, 2.05) is 0 Å². The van der Waals surface area contributed by atoms with Gasteiger partial charge < -0.3 is 9.97 Å². The molecule has 0 saturated heterocycles. The fourth-order valence-corrected chi connectivity index (χ4v) is 3.59. The van der Waals surface area contributed by atoms with Crippen molar-refractivity contribution in [3.8, 4) is 0 Å². The fourth-order valence-electron chi connectivity index (χ4n) is 2.66. The Balaban J connectivity index is 1.89. The maximum absolute atomic E-state index is 11.9. The molecule has 0 spiro atoms. The maximum atomic E-state index is 11.9. The van der Waals surface area contributed by atoms with E-state index in [0.29, 0.717) is 28.8 Å². The fraction of sp³-hybridized carbons (Fsp3) is 0. The zero-order valence-corrected chi connectivity index (χ0v) is 15.4. The zero-order valence-electron chi connectivity index (χ0n) is 13.8. The SMILES string of the molecule is O=S(=O)(Cl)c1cc2nc3nc(nc4ccc(nc5nc(nc1[nH]2)C=C5)[nH]4)C=C3. The Kier molecular flexibility index (Phi) is 3.60. The van der Waals surface area contributed by atoms with Crippen LogP contribution in [0.1, 0.15) is 23.3 Å². The van der Waals surface area contributed by atoms with E-state index in [2.05, 4.69) is 39.9 Å². The predicted octanol–water partition coefficient (Wildman–Crippen LogP) is 2.16. The van der Waals surface area contributed by atoms with Gasteiger partial charge in [0.2, 0.25) is 0 Å². The molecular weight excluding hydrogens is 404 g/mol. The van der Waals surface area contributed by atoms with E-state index in [1.165, 1.54) is 6.07 Å². The molecule has 5 rings (SSSR count). The normalized spacial score (nSPS) is 13.2. The van der Waals surface area contributed by atoms with Crippen molar-refractivity contribution < 1.29 is 8.42 Å². The number of hydrogen-bond donors (Lipinski definition) is 2. The summed E-state index contributed by atoms with van der Waals surface area (Å²) in [4.78, 5) is 31.5. The van der Waals surface area contributed by atoms with Crippen molar-refractivity contribution in [2.75, 3.05) is 0 Å². The molecule has 0 aliphatic carbocycles. The summed E-state index contributed by atoms with van der Waals surface area (Å²) >= 11 is 0. The minimum absolute atomic E-state index is 0.0177. The van der Waals surface area contributed by atoms with Crippen LogP contribution in [0.5, 0.6) is 0 Å². The first kappa shape index (κ1) is 16.7. The van der Waals surface area contributed by atoms with Crippen molar-refractivity contribution >= 4 is 66.6 Å².